The van der Waals surface area contributed by atoms with Gasteiger partial charge >= 0.3 is 0 Å². The predicted octanol–water partition coefficient (Wildman–Crippen LogP) is 5.59. The first kappa shape index (κ1) is 16.0. The number of rotatable bonds is 4. The highest BCUT2D eigenvalue weighted by molar-refractivity contribution is 5.23. The zero-order chi connectivity index (χ0) is 15.4. The molecule has 1 aliphatic carbocycles. The topological polar surface area (TPSA) is 0 Å². The van der Waals surface area contributed by atoms with Gasteiger partial charge in [-0.2, -0.15) is 0 Å². The minimum absolute atomic E-state index is 0.00523. The van der Waals surface area contributed by atoms with E-state index >= 15 is 0 Å². The van der Waals surface area contributed by atoms with Gasteiger partial charge in [0.05, 0.1) is 0 Å². The maximum atomic E-state index is 13.2. The van der Waals surface area contributed by atoms with Crippen molar-refractivity contribution in [2.24, 2.45) is 5.92 Å². The molecular weight excluding hydrogens is 287 g/mol. The Morgan fingerprint density at radius 1 is 1.00 bits per heavy atom. The number of benzene rings is 1. The van der Waals surface area contributed by atoms with Gasteiger partial charge < -0.3 is 0 Å². The largest absolute Gasteiger partial charge is 0.242 e. The van der Waals surface area contributed by atoms with E-state index in [0.717, 1.165) is 25.0 Å². The molecule has 0 nitrogen and oxygen atoms in total. The molecule has 0 bridgehead atoms. The summed E-state index contributed by atoms with van der Waals surface area (Å²) in [5.74, 6) is -3.54. The lowest BCUT2D eigenvalue weighted by atomic mass is 9.78. The van der Waals surface area contributed by atoms with Gasteiger partial charge in [0.25, 0.3) is 0 Å². The molecular formula is C16H17F5. The lowest BCUT2D eigenvalue weighted by Gasteiger charge is -2.27. The van der Waals surface area contributed by atoms with Crippen molar-refractivity contribution in [2.75, 3.05) is 0 Å². The van der Waals surface area contributed by atoms with Gasteiger partial charge in [-0.1, -0.05) is 12.2 Å². The molecule has 1 fully saturated rings. The number of allylic oxidation sites excluding steroid dienone is 2. The number of halogens is 5. The Hall–Kier alpha value is -1.39. The predicted molar refractivity (Wildman–Crippen MR) is 70.8 cm³/mol. The van der Waals surface area contributed by atoms with Crippen molar-refractivity contribution in [1.29, 1.82) is 0 Å². The summed E-state index contributed by atoms with van der Waals surface area (Å²) in [6, 6.07) is 2.10. The van der Waals surface area contributed by atoms with Gasteiger partial charge in [0.1, 0.15) is 0 Å². The quantitative estimate of drug-likeness (QED) is 0.386. The standard InChI is InChI=1S/C16H17F5/c17-13-8-12(9-14(18)16(13)21)11-6-4-10(5-7-11)2-1-3-15(19)20/h1-2,8-11,15H,3-7H2/b2-1+. The van der Waals surface area contributed by atoms with Crippen molar-refractivity contribution in [3.63, 3.8) is 0 Å². The molecule has 0 atom stereocenters. The van der Waals surface area contributed by atoms with E-state index in [0.29, 0.717) is 18.4 Å². The van der Waals surface area contributed by atoms with Crippen LogP contribution < -0.4 is 0 Å². The van der Waals surface area contributed by atoms with Gasteiger partial charge in [-0.15, -0.1) is 0 Å². The smallest absolute Gasteiger partial charge is 0.210 e. The molecule has 0 spiro atoms. The van der Waals surface area contributed by atoms with Gasteiger partial charge in [0, 0.05) is 6.42 Å². The summed E-state index contributed by atoms with van der Waals surface area (Å²) in [6.45, 7) is 0. The zero-order valence-electron chi connectivity index (χ0n) is 11.5. The fraction of sp³-hybridized carbons (Fsp3) is 0.500. The van der Waals surface area contributed by atoms with Crippen LogP contribution in [0.4, 0.5) is 22.0 Å². The number of hydrogen-bond acceptors (Lipinski definition) is 0. The lowest BCUT2D eigenvalue weighted by Crippen LogP contribution is -2.12. The Kier molecular flexibility index (Phi) is 5.37. The molecule has 0 aromatic heterocycles. The Bertz CT molecular complexity index is 478. The van der Waals surface area contributed by atoms with Crippen LogP contribution in [0.25, 0.3) is 0 Å². The molecule has 0 unspecified atom stereocenters. The van der Waals surface area contributed by atoms with Crippen LogP contribution in [0.2, 0.25) is 0 Å². The monoisotopic (exact) mass is 304 g/mol. The Balaban J connectivity index is 1.93. The minimum atomic E-state index is -2.33. The molecule has 0 radical (unpaired) electrons. The average molecular weight is 304 g/mol. The summed E-state index contributed by atoms with van der Waals surface area (Å²) >= 11 is 0. The van der Waals surface area contributed by atoms with Crippen LogP contribution in [0.1, 0.15) is 43.6 Å². The Morgan fingerprint density at radius 3 is 2.10 bits per heavy atom. The summed E-state index contributed by atoms with van der Waals surface area (Å²) in [7, 11) is 0. The fourth-order valence-electron chi connectivity index (χ4n) is 2.83. The van der Waals surface area contributed by atoms with Crippen LogP contribution in [0.3, 0.4) is 0 Å². The first-order chi connectivity index (χ1) is 9.97. The van der Waals surface area contributed by atoms with Crippen LogP contribution >= 0.6 is 0 Å². The second kappa shape index (κ2) is 7.05. The second-order valence-corrected chi connectivity index (χ2v) is 5.47. The minimum Gasteiger partial charge on any atom is -0.210 e. The first-order valence-electron chi connectivity index (χ1n) is 7.06. The Morgan fingerprint density at radius 2 is 1.57 bits per heavy atom. The maximum Gasteiger partial charge on any atom is 0.242 e. The molecule has 0 heterocycles. The highest BCUT2D eigenvalue weighted by atomic mass is 19.3. The fourth-order valence-corrected chi connectivity index (χ4v) is 2.83. The highest BCUT2D eigenvalue weighted by Gasteiger charge is 2.23. The van der Waals surface area contributed by atoms with E-state index < -0.39 is 23.9 Å². The summed E-state index contributed by atoms with van der Waals surface area (Å²) in [6.07, 6.45) is 3.72. The average Bonchev–Trinajstić information content (AvgIpc) is 2.44. The third-order valence-electron chi connectivity index (χ3n) is 3.97. The molecule has 2 rings (SSSR count). The van der Waals surface area contributed by atoms with Gasteiger partial charge in [0.15, 0.2) is 17.5 Å². The van der Waals surface area contributed by atoms with Crippen LogP contribution in [-0.4, -0.2) is 6.43 Å². The molecule has 1 aliphatic rings. The van der Waals surface area contributed by atoms with Gasteiger partial charge in [-0.05, 0) is 55.2 Å². The number of alkyl halides is 2. The zero-order valence-corrected chi connectivity index (χ0v) is 11.5. The third kappa shape index (κ3) is 4.29. The van der Waals surface area contributed by atoms with Crippen molar-refractivity contribution in [3.05, 3.63) is 47.3 Å². The normalized spacial score (nSPS) is 23.1. The van der Waals surface area contributed by atoms with E-state index in [4.69, 9.17) is 0 Å². The molecule has 1 saturated carbocycles. The molecule has 5 heteroatoms. The van der Waals surface area contributed by atoms with Gasteiger partial charge in [-0.25, -0.2) is 22.0 Å². The summed E-state index contributed by atoms with van der Waals surface area (Å²) in [5.41, 5.74) is 0.474. The van der Waals surface area contributed by atoms with Crippen molar-refractivity contribution in [2.45, 2.75) is 44.4 Å². The molecule has 0 saturated heterocycles. The van der Waals surface area contributed by atoms with Crippen LogP contribution in [-0.2, 0) is 0 Å². The van der Waals surface area contributed by atoms with E-state index in [1.54, 1.807) is 6.08 Å². The molecule has 21 heavy (non-hydrogen) atoms. The Labute approximate surface area is 120 Å². The molecule has 116 valence electrons. The third-order valence-corrected chi connectivity index (χ3v) is 3.97. The van der Waals surface area contributed by atoms with Crippen molar-refractivity contribution >= 4 is 0 Å². The SMILES string of the molecule is Fc1cc(C2CCC(/C=C/CC(F)F)CC2)cc(F)c1F. The van der Waals surface area contributed by atoms with Gasteiger partial charge in [0.2, 0.25) is 6.43 Å². The molecule has 0 amide bonds. The number of hydrogen-bond donors (Lipinski definition) is 0. The first-order valence-corrected chi connectivity index (χ1v) is 7.06. The van der Waals surface area contributed by atoms with Crippen LogP contribution in [0.5, 0.6) is 0 Å². The van der Waals surface area contributed by atoms with E-state index in [1.807, 2.05) is 0 Å². The molecule has 0 aliphatic heterocycles. The van der Waals surface area contributed by atoms with Crippen LogP contribution in [0.15, 0.2) is 24.3 Å². The van der Waals surface area contributed by atoms with Gasteiger partial charge in [-0.3, -0.25) is 0 Å². The van der Waals surface area contributed by atoms with Crippen LogP contribution in [0, 0.1) is 23.4 Å². The second-order valence-electron chi connectivity index (χ2n) is 5.47. The molecule has 1 aromatic carbocycles. The summed E-state index contributed by atoms with van der Waals surface area (Å²) < 4.78 is 63.4. The van der Waals surface area contributed by atoms with E-state index in [-0.39, 0.29) is 18.3 Å². The molecule has 1 aromatic rings. The summed E-state index contributed by atoms with van der Waals surface area (Å²) in [5, 5.41) is 0. The van der Waals surface area contributed by atoms with Crippen molar-refractivity contribution in [1.82, 2.24) is 0 Å². The summed E-state index contributed by atoms with van der Waals surface area (Å²) in [4.78, 5) is 0. The van der Waals surface area contributed by atoms with E-state index in [2.05, 4.69) is 0 Å². The lowest BCUT2D eigenvalue weighted by molar-refractivity contribution is 0.152. The van der Waals surface area contributed by atoms with Crippen molar-refractivity contribution in [3.8, 4) is 0 Å². The van der Waals surface area contributed by atoms with E-state index in [1.165, 1.54) is 6.08 Å². The van der Waals surface area contributed by atoms with E-state index in [9.17, 15) is 22.0 Å². The maximum absolute atomic E-state index is 13.2. The molecule has 0 N–H and O–H groups in total. The highest BCUT2D eigenvalue weighted by Crippen LogP contribution is 2.37. The van der Waals surface area contributed by atoms with Crippen molar-refractivity contribution < 1.29 is 22.0 Å².